The van der Waals surface area contributed by atoms with Crippen LogP contribution in [0.4, 0.5) is 5.69 Å². The summed E-state index contributed by atoms with van der Waals surface area (Å²) in [6.07, 6.45) is 1.74. The minimum Gasteiger partial charge on any atom is -0.258 e. The summed E-state index contributed by atoms with van der Waals surface area (Å²) < 4.78 is 1.87. The van der Waals surface area contributed by atoms with Crippen LogP contribution in [0.2, 0.25) is 0 Å². The van der Waals surface area contributed by atoms with Gasteiger partial charge in [-0.05, 0) is 31.0 Å². The van der Waals surface area contributed by atoms with E-state index < -0.39 is 0 Å². The molecule has 0 saturated carbocycles. The van der Waals surface area contributed by atoms with Crippen LogP contribution in [-0.4, -0.2) is 14.7 Å². The third-order valence-corrected chi connectivity index (χ3v) is 3.81. The van der Waals surface area contributed by atoms with Crippen molar-refractivity contribution in [2.24, 2.45) is 0 Å². The molecule has 6 heteroatoms. The van der Waals surface area contributed by atoms with E-state index in [9.17, 15) is 10.1 Å². The van der Waals surface area contributed by atoms with E-state index in [-0.39, 0.29) is 10.6 Å². The van der Waals surface area contributed by atoms with Crippen molar-refractivity contribution in [3.63, 3.8) is 0 Å². The number of hydrogen-bond acceptors (Lipinski definition) is 3. The molecule has 2 aromatic rings. The second-order valence-corrected chi connectivity index (χ2v) is 5.01. The van der Waals surface area contributed by atoms with Gasteiger partial charge >= 0.3 is 0 Å². The Morgan fingerprint density at radius 2 is 2.05 bits per heavy atom. The van der Waals surface area contributed by atoms with Gasteiger partial charge in [0.1, 0.15) is 0 Å². The molecule has 0 aliphatic rings. The van der Waals surface area contributed by atoms with Crippen LogP contribution in [0, 0.1) is 10.1 Å². The zero-order valence-electron chi connectivity index (χ0n) is 11.5. The van der Waals surface area contributed by atoms with E-state index in [0.29, 0.717) is 10.9 Å². The molecule has 0 fully saturated rings. The molecule has 1 heterocycles. The zero-order chi connectivity index (χ0) is 14.7. The third-order valence-electron chi connectivity index (χ3n) is 3.21. The first-order chi connectivity index (χ1) is 9.60. The summed E-state index contributed by atoms with van der Waals surface area (Å²) in [4.78, 5) is 10.6. The van der Waals surface area contributed by atoms with Gasteiger partial charge in [0, 0.05) is 22.7 Å². The molecular formula is C14H16BrN3O2. The SMILES string of the molecule is CCc1cc(CC)n(-c2ccc([N+](=O)[O-])c(CBr)c2)n1. The molecular weight excluding hydrogens is 322 g/mol. The molecule has 2 rings (SSSR count). The molecule has 106 valence electrons. The Morgan fingerprint density at radius 1 is 1.30 bits per heavy atom. The predicted octanol–water partition coefficient (Wildman–Crippen LogP) is 3.80. The molecule has 1 aromatic heterocycles. The van der Waals surface area contributed by atoms with Gasteiger partial charge in [-0.25, -0.2) is 4.68 Å². The third kappa shape index (κ3) is 2.75. The number of nitro benzene ring substituents is 1. The molecule has 0 bridgehead atoms. The quantitative estimate of drug-likeness (QED) is 0.473. The highest BCUT2D eigenvalue weighted by molar-refractivity contribution is 9.08. The van der Waals surface area contributed by atoms with Crippen LogP contribution in [-0.2, 0) is 18.2 Å². The van der Waals surface area contributed by atoms with Gasteiger partial charge < -0.3 is 0 Å². The lowest BCUT2D eigenvalue weighted by atomic mass is 10.2. The fourth-order valence-electron chi connectivity index (χ4n) is 2.11. The van der Waals surface area contributed by atoms with Crippen molar-refractivity contribution in [3.05, 3.63) is 51.3 Å². The van der Waals surface area contributed by atoms with Gasteiger partial charge in [-0.15, -0.1) is 0 Å². The van der Waals surface area contributed by atoms with Gasteiger partial charge in [0.2, 0.25) is 0 Å². The van der Waals surface area contributed by atoms with Gasteiger partial charge in [0.25, 0.3) is 5.69 Å². The lowest BCUT2D eigenvalue weighted by Gasteiger charge is -2.07. The number of rotatable bonds is 5. The van der Waals surface area contributed by atoms with E-state index in [0.717, 1.165) is 29.9 Å². The average Bonchev–Trinajstić information content (AvgIpc) is 2.89. The Kier molecular flexibility index (Phi) is 4.54. The van der Waals surface area contributed by atoms with Gasteiger partial charge in [-0.1, -0.05) is 29.8 Å². The molecule has 0 aliphatic carbocycles. The largest absolute Gasteiger partial charge is 0.273 e. The summed E-state index contributed by atoms with van der Waals surface area (Å²) in [5.41, 5.74) is 3.79. The predicted molar refractivity (Wildman–Crippen MR) is 81.6 cm³/mol. The summed E-state index contributed by atoms with van der Waals surface area (Å²) in [5.74, 6) is 0. The van der Waals surface area contributed by atoms with E-state index in [2.05, 4.69) is 40.9 Å². The van der Waals surface area contributed by atoms with Crippen LogP contribution in [0.5, 0.6) is 0 Å². The molecule has 1 aromatic carbocycles. The fraction of sp³-hybridized carbons (Fsp3) is 0.357. The minimum atomic E-state index is -0.359. The number of halogens is 1. The Balaban J connectivity index is 2.53. The Hall–Kier alpha value is -1.69. The first-order valence-corrected chi connectivity index (χ1v) is 7.64. The first-order valence-electron chi connectivity index (χ1n) is 6.52. The van der Waals surface area contributed by atoms with Crippen molar-refractivity contribution >= 4 is 21.6 Å². The van der Waals surface area contributed by atoms with Crippen LogP contribution in [0.15, 0.2) is 24.3 Å². The van der Waals surface area contributed by atoms with Crippen LogP contribution in [0.1, 0.15) is 30.8 Å². The van der Waals surface area contributed by atoms with Crippen LogP contribution < -0.4 is 0 Å². The molecule has 0 radical (unpaired) electrons. The topological polar surface area (TPSA) is 61.0 Å². The highest BCUT2D eigenvalue weighted by atomic mass is 79.9. The summed E-state index contributed by atoms with van der Waals surface area (Å²) in [6.45, 7) is 4.13. The summed E-state index contributed by atoms with van der Waals surface area (Å²) in [7, 11) is 0. The highest BCUT2D eigenvalue weighted by Gasteiger charge is 2.15. The van der Waals surface area contributed by atoms with E-state index in [1.165, 1.54) is 0 Å². The molecule has 0 aliphatic heterocycles. The molecule has 0 atom stereocenters. The summed E-state index contributed by atoms with van der Waals surface area (Å²) >= 11 is 3.30. The van der Waals surface area contributed by atoms with E-state index >= 15 is 0 Å². The van der Waals surface area contributed by atoms with Gasteiger partial charge in [0.05, 0.1) is 16.3 Å². The van der Waals surface area contributed by atoms with Crippen molar-refractivity contribution in [2.45, 2.75) is 32.0 Å². The maximum atomic E-state index is 11.0. The number of hydrogen-bond donors (Lipinski definition) is 0. The van der Waals surface area contributed by atoms with Crippen molar-refractivity contribution < 1.29 is 4.92 Å². The van der Waals surface area contributed by atoms with Crippen molar-refractivity contribution in [1.82, 2.24) is 9.78 Å². The van der Waals surface area contributed by atoms with Crippen LogP contribution in [0.25, 0.3) is 5.69 Å². The second kappa shape index (κ2) is 6.17. The lowest BCUT2D eigenvalue weighted by Crippen LogP contribution is -2.03. The van der Waals surface area contributed by atoms with Gasteiger partial charge in [-0.2, -0.15) is 5.10 Å². The van der Waals surface area contributed by atoms with Gasteiger partial charge in [-0.3, -0.25) is 10.1 Å². The molecule has 0 amide bonds. The van der Waals surface area contributed by atoms with E-state index in [1.54, 1.807) is 12.1 Å². The monoisotopic (exact) mass is 337 g/mol. The van der Waals surface area contributed by atoms with Crippen molar-refractivity contribution in [1.29, 1.82) is 0 Å². The fourth-order valence-corrected chi connectivity index (χ4v) is 2.56. The minimum absolute atomic E-state index is 0.131. The number of aryl methyl sites for hydroxylation is 2. The molecule has 20 heavy (non-hydrogen) atoms. The first kappa shape index (κ1) is 14.7. The molecule has 0 unspecified atom stereocenters. The number of nitro groups is 1. The Morgan fingerprint density at radius 3 is 2.60 bits per heavy atom. The Bertz CT molecular complexity index is 637. The maximum absolute atomic E-state index is 11.0. The second-order valence-electron chi connectivity index (χ2n) is 4.45. The van der Waals surface area contributed by atoms with Crippen molar-refractivity contribution in [2.75, 3.05) is 0 Å². The molecule has 0 saturated heterocycles. The van der Waals surface area contributed by atoms with E-state index in [1.807, 2.05) is 10.7 Å². The normalized spacial score (nSPS) is 10.8. The molecule has 0 N–H and O–H groups in total. The number of aromatic nitrogens is 2. The number of benzene rings is 1. The standard InChI is InChI=1S/C14H16BrN3O2/c1-3-11-8-12(4-2)17(16-11)13-5-6-14(18(19)20)10(7-13)9-15/h5-8H,3-4,9H2,1-2H3. The van der Waals surface area contributed by atoms with Crippen LogP contribution in [0.3, 0.4) is 0 Å². The van der Waals surface area contributed by atoms with E-state index in [4.69, 9.17) is 0 Å². The molecule has 5 nitrogen and oxygen atoms in total. The van der Waals surface area contributed by atoms with Gasteiger partial charge in [0.15, 0.2) is 0 Å². The lowest BCUT2D eigenvalue weighted by molar-refractivity contribution is -0.385. The van der Waals surface area contributed by atoms with Crippen LogP contribution >= 0.6 is 15.9 Å². The maximum Gasteiger partial charge on any atom is 0.273 e. The summed E-state index contributed by atoms with van der Waals surface area (Å²) in [6, 6.07) is 7.18. The summed E-state index contributed by atoms with van der Waals surface area (Å²) in [5, 5.41) is 16.0. The number of alkyl halides is 1. The molecule has 0 spiro atoms. The smallest absolute Gasteiger partial charge is 0.258 e. The van der Waals surface area contributed by atoms with Crippen molar-refractivity contribution in [3.8, 4) is 5.69 Å². The average molecular weight is 338 g/mol. The zero-order valence-corrected chi connectivity index (χ0v) is 13.1. The highest BCUT2D eigenvalue weighted by Crippen LogP contribution is 2.25. The number of nitrogens with zero attached hydrogens (tertiary/aromatic N) is 3. The Labute approximate surface area is 125 Å².